The maximum atomic E-state index is 12.4. The van der Waals surface area contributed by atoms with E-state index >= 15 is 0 Å². The van der Waals surface area contributed by atoms with Crippen LogP contribution in [0.3, 0.4) is 0 Å². The molecule has 0 radical (unpaired) electrons. The average molecular weight is 798 g/mol. The Morgan fingerprint density at radius 2 is 1.85 bits per heavy atom. The first-order valence-corrected chi connectivity index (χ1v) is 13.2. The number of benzene rings is 3. The molecule has 1 aliphatic rings. The van der Waals surface area contributed by atoms with Gasteiger partial charge in [0.15, 0.2) is 17.2 Å². The monoisotopic (exact) mass is 797 g/mol. The van der Waals surface area contributed by atoms with Crippen LogP contribution in [0.5, 0.6) is 11.5 Å². The molecule has 0 saturated carbocycles. The second kappa shape index (κ2) is 10.9. The van der Waals surface area contributed by atoms with Crippen LogP contribution >= 0.6 is 79.4 Å². The fraction of sp³-hybridized carbons (Fsp3) is 0.0833. The van der Waals surface area contributed by atoms with Crippen molar-refractivity contribution in [3.63, 3.8) is 0 Å². The zero-order valence-electron chi connectivity index (χ0n) is 17.1. The molecule has 0 amide bonds. The molecule has 5 nitrogen and oxygen atoms in total. The van der Waals surface area contributed by atoms with Gasteiger partial charge < -0.3 is 14.2 Å². The summed E-state index contributed by atoms with van der Waals surface area (Å²) in [6.45, 7) is 0.419. The molecular formula is C24H15ClI3NO4. The Kier molecular flexibility index (Phi) is 8.18. The third-order valence-electron chi connectivity index (χ3n) is 4.66. The van der Waals surface area contributed by atoms with Crippen LogP contribution in [-0.4, -0.2) is 19.0 Å². The summed E-state index contributed by atoms with van der Waals surface area (Å²) < 4.78 is 20.0. The quantitative estimate of drug-likeness (QED) is 0.152. The van der Waals surface area contributed by atoms with Gasteiger partial charge in [-0.05, 0) is 116 Å². The van der Waals surface area contributed by atoms with Crippen LogP contribution in [0, 0.1) is 10.7 Å². The lowest BCUT2D eigenvalue weighted by Crippen LogP contribution is -2.06. The Bertz CT molecular complexity index is 1310. The summed E-state index contributed by atoms with van der Waals surface area (Å²) in [6, 6.07) is 17.2. The molecule has 168 valence electrons. The molecule has 0 N–H and O–H groups in total. The van der Waals surface area contributed by atoms with Crippen LogP contribution in [0.25, 0.3) is 6.08 Å². The smallest absolute Gasteiger partial charge is 0.363 e. The van der Waals surface area contributed by atoms with Crippen molar-refractivity contribution in [3.8, 4) is 11.5 Å². The fourth-order valence-electron chi connectivity index (χ4n) is 3.07. The van der Waals surface area contributed by atoms with E-state index in [1.165, 1.54) is 0 Å². The van der Waals surface area contributed by atoms with Crippen molar-refractivity contribution in [1.29, 1.82) is 0 Å². The Hall–Kier alpha value is -1.38. The minimum Gasteiger partial charge on any atom is -0.493 e. The molecule has 0 bridgehead atoms. The fourth-order valence-corrected chi connectivity index (χ4v) is 5.09. The molecule has 33 heavy (non-hydrogen) atoms. The number of aliphatic imine (C=N–C) groups is 1. The number of hydrogen-bond donors (Lipinski definition) is 0. The summed E-state index contributed by atoms with van der Waals surface area (Å²) in [7, 11) is 1.58. The van der Waals surface area contributed by atoms with Gasteiger partial charge in [0.25, 0.3) is 0 Å². The topological polar surface area (TPSA) is 57.1 Å². The van der Waals surface area contributed by atoms with Crippen molar-refractivity contribution in [1.82, 2.24) is 0 Å². The van der Waals surface area contributed by atoms with Crippen LogP contribution in [0.2, 0.25) is 5.02 Å². The maximum Gasteiger partial charge on any atom is 0.363 e. The lowest BCUT2D eigenvalue weighted by molar-refractivity contribution is -0.129. The lowest BCUT2D eigenvalue weighted by Gasteiger charge is -2.14. The van der Waals surface area contributed by atoms with Gasteiger partial charge in [-0.2, -0.15) is 0 Å². The summed E-state index contributed by atoms with van der Waals surface area (Å²) in [6.07, 6.45) is 1.66. The molecule has 0 saturated heterocycles. The minimum atomic E-state index is -0.534. The van der Waals surface area contributed by atoms with Crippen LogP contribution < -0.4 is 9.47 Å². The van der Waals surface area contributed by atoms with Crippen LogP contribution in [0.4, 0.5) is 0 Å². The zero-order chi connectivity index (χ0) is 23.5. The lowest BCUT2D eigenvalue weighted by atomic mass is 10.1. The number of halogens is 4. The minimum absolute atomic E-state index is 0.185. The predicted octanol–water partition coefficient (Wildman–Crippen LogP) is 7.09. The van der Waals surface area contributed by atoms with Gasteiger partial charge in [0.05, 0.1) is 21.3 Å². The van der Waals surface area contributed by atoms with E-state index in [0.717, 1.165) is 21.8 Å². The SMILES string of the molecule is COc1cc(/C=C2\N=C(c3cc(I)ccc3Cl)OC2=O)cc(I)c1OCc1ccccc1I. The van der Waals surface area contributed by atoms with Gasteiger partial charge in [0.2, 0.25) is 5.90 Å². The third-order valence-corrected chi connectivity index (χ3v) is 7.52. The maximum absolute atomic E-state index is 12.4. The van der Waals surface area contributed by atoms with Gasteiger partial charge in [-0.1, -0.05) is 29.8 Å². The van der Waals surface area contributed by atoms with E-state index in [4.69, 9.17) is 25.8 Å². The van der Waals surface area contributed by atoms with Crippen molar-refractivity contribution in [2.75, 3.05) is 7.11 Å². The zero-order valence-corrected chi connectivity index (χ0v) is 24.3. The molecule has 1 aliphatic heterocycles. The molecule has 0 fully saturated rings. The molecule has 0 atom stereocenters. The number of carbonyl (C=O) groups is 1. The van der Waals surface area contributed by atoms with E-state index in [2.05, 4.69) is 72.8 Å². The predicted molar refractivity (Wildman–Crippen MR) is 154 cm³/mol. The van der Waals surface area contributed by atoms with E-state index in [1.54, 1.807) is 25.3 Å². The van der Waals surface area contributed by atoms with E-state index in [1.807, 2.05) is 42.5 Å². The van der Waals surface area contributed by atoms with Crippen molar-refractivity contribution < 1.29 is 19.0 Å². The molecule has 9 heteroatoms. The largest absolute Gasteiger partial charge is 0.493 e. The highest BCUT2D eigenvalue weighted by atomic mass is 127. The first-order chi connectivity index (χ1) is 15.9. The molecule has 3 aromatic rings. The van der Waals surface area contributed by atoms with E-state index < -0.39 is 5.97 Å². The van der Waals surface area contributed by atoms with Crippen LogP contribution in [0.1, 0.15) is 16.7 Å². The Morgan fingerprint density at radius 3 is 2.61 bits per heavy atom. The number of rotatable bonds is 6. The van der Waals surface area contributed by atoms with E-state index in [-0.39, 0.29) is 11.6 Å². The second-order valence-corrected chi connectivity index (χ2v) is 10.9. The van der Waals surface area contributed by atoms with Gasteiger partial charge in [-0.3, -0.25) is 0 Å². The summed E-state index contributed by atoms with van der Waals surface area (Å²) in [5, 5.41) is 0.467. The number of hydrogen-bond acceptors (Lipinski definition) is 5. The molecule has 3 aromatic carbocycles. The molecule has 1 heterocycles. The number of esters is 1. The molecule has 0 aliphatic carbocycles. The molecular weight excluding hydrogens is 782 g/mol. The molecule has 0 unspecified atom stereocenters. The number of cyclic esters (lactones) is 1. The van der Waals surface area contributed by atoms with Crippen LogP contribution in [-0.2, 0) is 16.1 Å². The van der Waals surface area contributed by atoms with Gasteiger partial charge in [-0.15, -0.1) is 0 Å². The highest BCUT2D eigenvalue weighted by Crippen LogP contribution is 2.36. The Morgan fingerprint density at radius 1 is 1.06 bits per heavy atom. The summed E-state index contributed by atoms with van der Waals surface area (Å²) in [5.41, 5.74) is 2.59. The number of nitrogens with zero attached hydrogens (tertiary/aromatic N) is 1. The first-order valence-electron chi connectivity index (χ1n) is 9.57. The van der Waals surface area contributed by atoms with E-state index in [0.29, 0.717) is 28.7 Å². The number of carbonyl (C=O) groups excluding carboxylic acids is 1. The van der Waals surface area contributed by atoms with E-state index in [9.17, 15) is 4.79 Å². The third kappa shape index (κ3) is 5.82. The van der Waals surface area contributed by atoms with Gasteiger partial charge in [0.1, 0.15) is 6.61 Å². The normalized spacial score (nSPS) is 14.3. The summed E-state index contributed by atoms with van der Waals surface area (Å²) in [4.78, 5) is 16.8. The highest BCUT2D eigenvalue weighted by Gasteiger charge is 2.26. The van der Waals surface area contributed by atoms with Gasteiger partial charge >= 0.3 is 5.97 Å². The number of ether oxygens (including phenoxy) is 3. The summed E-state index contributed by atoms with van der Waals surface area (Å²) in [5.74, 6) is 0.862. The van der Waals surface area contributed by atoms with Crippen molar-refractivity contribution in [3.05, 3.63) is 92.7 Å². The summed E-state index contributed by atoms with van der Waals surface area (Å²) >= 11 is 12.9. The molecule has 0 spiro atoms. The van der Waals surface area contributed by atoms with Crippen molar-refractivity contribution in [2.45, 2.75) is 6.61 Å². The Labute approximate surface area is 237 Å². The average Bonchev–Trinajstić information content (AvgIpc) is 3.15. The highest BCUT2D eigenvalue weighted by molar-refractivity contribution is 14.1. The molecule has 4 rings (SSSR count). The van der Waals surface area contributed by atoms with Crippen molar-refractivity contribution in [2.24, 2.45) is 4.99 Å². The van der Waals surface area contributed by atoms with Gasteiger partial charge in [0, 0.05) is 12.7 Å². The van der Waals surface area contributed by atoms with Crippen molar-refractivity contribution >= 4 is 97.3 Å². The standard InChI is InChI=1S/C24H15ClI3NO4/c1-31-21-10-13(8-19(28)22(21)32-12-14-4-2-3-5-18(14)27)9-20-24(30)33-23(29-20)16-11-15(26)6-7-17(16)25/h2-11H,12H2,1H3/b20-9-. The van der Waals surface area contributed by atoms with Crippen LogP contribution in [0.15, 0.2) is 65.3 Å². The number of methoxy groups -OCH3 is 1. The van der Waals surface area contributed by atoms with Gasteiger partial charge in [-0.25, -0.2) is 9.79 Å². The first kappa shape index (κ1) is 24.7. The molecule has 0 aromatic heterocycles. The Balaban J connectivity index is 1.62. The second-order valence-electron chi connectivity index (χ2n) is 6.87.